The first-order chi connectivity index (χ1) is 10.8. The van der Waals surface area contributed by atoms with Gasteiger partial charge in [0.1, 0.15) is 6.33 Å². The van der Waals surface area contributed by atoms with Gasteiger partial charge < -0.3 is 0 Å². The average molecular weight is 324 g/mol. The van der Waals surface area contributed by atoms with Gasteiger partial charge in [-0.3, -0.25) is 0 Å². The van der Waals surface area contributed by atoms with Gasteiger partial charge in [-0.25, -0.2) is 15.0 Å². The Labute approximate surface area is 135 Å². The van der Waals surface area contributed by atoms with Gasteiger partial charge in [-0.1, -0.05) is 41.9 Å². The Morgan fingerprint density at radius 1 is 1.09 bits per heavy atom. The molecule has 0 saturated carbocycles. The molecule has 0 spiro atoms. The minimum absolute atomic E-state index is 0.630. The van der Waals surface area contributed by atoms with Crippen LogP contribution in [0, 0.1) is 0 Å². The van der Waals surface area contributed by atoms with Crippen LogP contribution in [0.2, 0.25) is 5.02 Å². The Hall–Kier alpha value is -2.30. The van der Waals surface area contributed by atoms with E-state index in [0.29, 0.717) is 5.82 Å². The van der Waals surface area contributed by atoms with E-state index >= 15 is 0 Å². The predicted molar refractivity (Wildman–Crippen MR) is 94.6 cm³/mol. The summed E-state index contributed by atoms with van der Waals surface area (Å²) in [4.78, 5) is 12.5. The summed E-state index contributed by atoms with van der Waals surface area (Å²) < 4.78 is 2.10. The first kappa shape index (κ1) is 13.4. The number of hydrogen-bond donors (Lipinski definition) is 0. The van der Waals surface area contributed by atoms with Crippen molar-refractivity contribution in [3.8, 4) is 11.1 Å². The Morgan fingerprint density at radius 3 is 2.77 bits per heavy atom. The van der Waals surface area contributed by atoms with Crippen LogP contribution in [0.15, 0.2) is 53.8 Å². The molecule has 0 unspecified atom stereocenters. The van der Waals surface area contributed by atoms with Gasteiger partial charge in [0.2, 0.25) is 0 Å². The third kappa shape index (κ3) is 2.00. The van der Waals surface area contributed by atoms with Crippen LogP contribution in [0.3, 0.4) is 0 Å². The number of rotatable bonds is 2. The van der Waals surface area contributed by atoms with Crippen LogP contribution in [0.25, 0.3) is 31.4 Å². The van der Waals surface area contributed by atoms with Gasteiger partial charge in [-0.15, -0.1) is 11.3 Å². The van der Waals surface area contributed by atoms with Crippen molar-refractivity contribution in [3.63, 3.8) is 0 Å². The van der Waals surface area contributed by atoms with E-state index in [9.17, 15) is 0 Å². The second-order valence-electron chi connectivity index (χ2n) is 4.83. The van der Waals surface area contributed by atoms with Gasteiger partial charge in [0.25, 0.3) is 0 Å². The number of aromatic nitrogens is 2. The van der Waals surface area contributed by atoms with Crippen LogP contribution in [0.4, 0.5) is 5.82 Å². The van der Waals surface area contributed by atoms with E-state index in [-0.39, 0.29) is 0 Å². The Morgan fingerprint density at radius 2 is 1.95 bits per heavy atom. The Balaban J connectivity index is 2.01. The van der Waals surface area contributed by atoms with Crippen molar-refractivity contribution in [2.24, 2.45) is 4.99 Å². The van der Waals surface area contributed by atoms with Crippen LogP contribution >= 0.6 is 22.9 Å². The van der Waals surface area contributed by atoms with Crippen molar-refractivity contribution in [3.05, 3.63) is 53.8 Å². The molecule has 3 nitrogen and oxygen atoms in total. The first-order valence-electron chi connectivity index (χ1n) is 6.67. The topological polar surface area (TPSA) is 38.1 Å². The van der Waals surface area contributed by atoms with Crippen molar-refractivity contribution >= 4 is 55.8 Å². The van der Waals surface area contributed by atoms with Crippen molar-refractivity contribution < 1.29 is 0 Å². The molecule has 5 heteroatoms. The third-order valence-corrected chi connectivity index (χ3v) is 5.04. The van der Waals surface area contributed by atoms with E-state index in [1.54, 1.807) is 11.3 Å². The van der Waals surface area contributed by atoms with E-state index in [2.05, 4.69) is 39.9 Å². The molecular formula is C17H10ClN3S. The zero-order valence-electron chi connectivity index (χ0n) is 11.5. The molecule has 2 heterocycles. The smallest absolute Gasteiger partial charge is 0.172 e. The fourth-order valence-electron chi connectivity index (χ4n) is 2.54. The van der Waals surface area contributed by atoms with Crippen LogP contribution in [0.1, 0.15) is 0 Å². The molecule has 2 aromatic heterocycles. The second-order valence-corrected chi connectivity index (χ2v) is 6.29. The van der Waals surface area contributed by atoms with Gasteiger partial charge in [-0.05, 0) is 24.4 Å². The number of aliphatic imine (C=N–C) groups is 1. The van der Waals surface area contributed by atoms with Crippen molar-refractivity contribution in [2.45, 2.75) is 0 Å². The van der Waals surface area contributed by atoms with E-state index in [4.69, 9.17) is 11.6 Å². The van der Waals surface area contributed by atoms with E-state index in [0.717, 1.165) is 36.5 Å². The number of nitrogens with zero attached hydrogens (tertiary/aromatic N) is 3. The van der Waals surface area contributed by atoms with Crippen LogP contribution in [0.5, 0.6) is 0 Å². The molecule has 0 radical (unpaired) electrons. The Kier molecular flexibility index (Phi) is 3.13. The molecular weight excluding hydrogens is 314 g/mol. The lowest BCUT2D eigenvalue weighted by Crippen LogP contribution is -1.80. The predicted octanol–water partition coefficient (Wildman–Crippen LogP) is 5.50. The molecule has 0 aliphatic heterocycles. The third-order valence-electron chi connectivity index (χ3n) is 3.57. The molecule has 0 aliphatic carbocycles. The molecule has 4 aromatic rings. The lowest BCUT2D eigenvalue weighted by atomic mass is 10.0. The highest BCUT2D eigenvalue weighted by Crippen LogP contribution is 2.39. The maximum absolute atomic E-state index is 6.29. The number of fused-ring (bicyclic) bond motifs is 3. The number of hydrogen-bond acceptors (Lipinski definition) is 4. The maximum atomic E-state index is 6.29. The Bertz CT molecular complexity index is 1020. The molecule has 2 aromatic carbocycles. The summed E-state index contributed by atoms with van der Waals surface area (Å²) in [5, 5.41) is 1.85. The second kappa shape index (κ2) is 5.16. The fraction of sp³-hybridized carbons (Fsp3) is 0. The summed E-state index contributed by atoms with van der Waals surface area (Å²) in [6.45, 7) is 3.58. The molecule has 0 atom stereocenters. The SMILES string of the molecule is C=Nc1ncnc2c1sc1cc(-c3ccccc3Cl)ccc12. The van der Waals surface area contributed by atoms with Gasteiger partial charge in [0, 0.05) is 20.7 Å². The minimum atomic E-state index is 0.630. The highest BCUT2D eigenvalue weighted by Gasteiger charge is 2.12. The summed E-state index contributed by atoms with van der Waals surface area (Å²) in [5.74, 6) is 0.630. The van der Waals surface area contributed by atoms with Gasteiger partial charge in [0.05, 0.1) is 10.2 Å². The zero-order chi connectivity index (χ0) is 15.1. The summed E-state index contributed by atoms with van der Waals surface area (Å²) in [6.07, 6.45) is 1.53. The van der Waals surface area contributed by atoms with E-state index in [1.165, 1.54) is 6.33 Å². The van der Waals surface area contributed by atoms with Crippen molar-refractivity contribution in [2.75, 3.05) is 0 Å². The molecule has 0 amide bonds. The number of halogens is 1. The van der Waals surface area contributed by atoms with Crippen LogP contribution < -0.4 is 0 Å². The largest absolute Gasteiger partial charge is 0.244 e. The molecule has 0 fully saturated rings. The normalized spacial score (nSPS) is 11.1. The molecule has 106 valence electrons. The molecule has 0 aliphatic rings. The van der Waals surface area contributed by atoms with Crippen molar-refractivity contribution in [1.82, 2.24) is 9.97 Å². The molecule has 4 rings (SSSR count). The first-order valence-corrected chi connectivity index (χ1v) is 7.86. The van der Waals surface area contributed by atoms with E-state index in [1.807, 2.05) is 24.3 Å². The van der Waals surface area contributed by atoms with Crippen LogP contribution in [-0.2, 0) is 0 Å². The molecule has 22 heavy (non-hydrogen) atoms. The average Bonchev–Trinajstić information content (AvgIpc) is 2.93. The van der Waals surface area contributed by atoms with Crippen molar-refractivity contribution in [1.29, 1.82) is 0 Å². The highest BCUT2D eigenvalue weighted by atomic mass is 35.5. The van der Waals surface area contributed by atoms with E-state index < -0.39 is 0 Å². The number of thiophene rings is 1. The zero-order valence-corrected chi connectivity index (χ0v) is 13.0. The van der Waals surface area contributed by atoms with Gasteiger partial charge >= 0.3 is 0 Å². The maximum Gasteiger partial charge on any atom is 0.172 e. The molecule has 0 N–H and O–H groups in total. The molecule has 0 bridgehead atoms. The van der Waals surface area contributed by atoms with Crippen LogP contribution in [-0.4, -0.2) is 16.7 Å². The summed E-state index contributed by atoms with van der Waals surface area (Å²) in [6, 6.07) is 14.1. The summed E-state index contributed by atoms with van der Waals surface area (Å²) in [7, 11) is 0. The summed E-state index contributed by atoms with van der Waals surface area (Å²) in [5.41, 5.74) is 3.03. The number of benzene rings is 2. The summed E-state index contributed by atoms with van der Waals surface area (Å²) >= 11 is 7.92. The molecule has 0 saturated heterocycles. The quantitative estimate of drug-likeness (QED) is 0.457. The monoisotopic (exact) mass is 323 g/mol. The highest BCUT2D eigenvalue weighted by molar-refractivity contribution is 7.26. The van der Waals surface area contributed by atoms with Gasteiger partial charge in [0.15, 0.2) is 5.82 Å². The van der Waals surface area contributed by atoms with Gasteiger partial charge in [-0.2, -0.15) is 0 Å². The lowest BCUT2D eigenvalue weighted by Gasteiger charge is -2.04. The standard InChI is InChI=1S/C17H10ClN3S/c1-19-17-16-15(20-9-21-17)12-7-6-10(8-14(12)22-16)11-4-2-3-5-13(11)18/h2-9H,1H2. The lowest BCUT2D eigenvalue weighted by molar-refractivity contribution is 1.21. The fourth-order valence-corrected chi connectivity index (χ4v) is 3.93. The minimum Gasteiger partial charge on any atom is -0.244 e.